The first kappa shape index (κ1) is 35.0. The standard InChI is InChI=1S/C37H35ClF3N7O5/c38-26-20-23(37(39,40)41)6-7-27(26)42-29(49)21-47-28-8-12-36(30(28)34(52)48-35(47)43-31(44-48)22-10-18-53-19-11-22)13-16-45(17-14-36)32(50)25-9-15-46(33(25)51)24-4-2-1-3-5-24/h1-7,10,20,25H,8-9,11-19,21H2,(H,42,49). The highest BCUT2D eigenvalue weighted by molar-refractivity contribution is 6.33. The van der Waals surface area contributed by atoms with E-state index in [0.717, 1.165) is 29.5 Å². The molecule has 2 aromatic heterocycles. The van der Waals surface area contributed by atoms with Crippen molar-refractivity contribution in [3.8, 4) is 0 Å². The van der Waals surface area contributed by atoms with Gasteiger partial charge in [0.2, 0.25) is 23.5 Å². The zero-order valence-electron chi connectivity index (χ0n) is 28.5. The second kappa shape index (κ2) is 13.4. The number of hydrogen-bond acceptors (Lipinski definition) is 7. The number of aromatic nitrogens is 4. The predicted molar refractivity (Wildman–Crippen MR) is 188 cm³/mol. The van der Waals surface area contributed by atoms with Crippen LogP contribution in [0, 0.1) is 5.92 Å². The molecule has 16 heteroatoms. The van der Waals surface area contributed by atoms with Crippen LogP contribution in [0.1, 0.15) is 54.7 Å². The maximum atomic E-state index is 14.4. The molecule has 2 aromatic carbocycles. The second-order valence-electron chi connectivity index (χ2n) is 13.9. The van der Waals surface area contributed by atoms with Crippen LogP contribution in [0.2, 0.25) is 5.02 Å². The first-order valence-corrected chi connectivity index (χ1v) is 17.9. The summed E-state index contributed by atoms with van der Waals surface area (Å²) >= 11 is 6.14. The number of benzene rings is 2. The number of fused-ring (bicyclic) bond motifs is 3. The van der Waals surface area contributed by atoms with Crippen molar-refractivity contribution in [2.75, 3.05) is 43.1 Å². The maximum Gasteiger partial charge on any atom is 0.416 e. The number of anilines is 2. The fourth-order valence-corrected chi connectivity index (χ4v) is 8.41. The van der Waals surface area contributed by atoms with E-state index >= 15 is 0 Å². The third-order valence-corrected chi connectivity index (χ3v) is 11.3. The van der Waals surface area contributed by atoms with Crippen LogP contribution in [0.25, 0.3) is 11.4 Å². The van der Waals surface area contributed by atoms with E-state index in [0.29, 0.717) is 88.5 Å². The smallest absolute Gasteiger partial charge is 0.377 e. The summed E-state index contributed by atoms with van der Waals surface area (Å²) in [7, 11) is 0. The summed E-state index contributed by atoms with van der Waals surface area (Å²) in [4.78, 5) is 63.1. The highest BCUT2D eigenvalue weighted by atomic mass is 35.5. The largest absolute Gasteiger partial charge is 0.416 e. The molecule has 1 unspecified atom stereocenters. The van der Waals surface area contributed by atoms with Crippen LogP contribution >= 0.6 is 11.6 Å². The van der Waals surface area contributed by atoms with Crippen molar-refractivity contribution < 1.29 is 32.3 Å². The lowest BCUT2D eigenvalue weighted by Gasteiger charge is -2.40. The molecule has 4 aromatic rings. The van der Waals surface area contributed by atoms with Crippen LogP contribution in [-0.2, 0) is 43.7 Å². The van der Waals surface area contributed by atoms with Gasteiger partial charge in [-0.25, -0.2) is 0 Å². The molecule has 0 saturated carbocycles. The van der Waals surface area contributed by atoms with E-state index in [4.69, 9.17) is 21.3 Å². The zero-order valence-corrected chi connectivity index (χ0v) is 29.3. The minimum Gasteiger partial charge on any atom is -0.377 e. The van der Waals surface area contributed by atoms with Crippen LogP contribution in [0.5, 0.6) is 0 Å². The van der Waals surface area contributed by atoms with Crippen molar-refractivity contribution in [3.05, 3.63) is 92.6 Å². The first-order chi connectivity index (χ1) is 25.4. The fraction of sp³-hybridized carbons (Fsp3) is 0.405. The van der Waals surface area contributed by atoms with Gasteiger partial charge in [0.05, 0.1) is 29.5 Å². The van der Waals surface area contributed by atoms with Crippen LogP contribution in [0.15, 0.2) is 59.4 Å². The number of carbonyl (C=O) groups excluding carboxylic acids is 3. The van der Waals surface area contributed by atoms with Crippen molar-refractivity contribution in [2.24, 2.45) is 5.92 Å². The van der Waals surface area contributed by atoms with Crippen LogP contribution < -0.4 is 15.8 Å². The van der Waals surface area contributed by atoms with Gasteiger partial charge in [0, 0.05) is 42.0 Å². The summed E-state index contributed by atoms with van der Waals surface area (Å²) in [6, 6.07) is 12.0. The van der Waals surface area contributed by atoms with Gasteiger partial charge in [-0.3, -0.25) is 19.2 Å². The Morgan fingerprint density at radius 3 is 2.49 bits per heavy atom. The molecular formula is C37H35ClF3N7O5. The van der Waals surface area contributed by atoms with Crippen LogP contribution in [0.4, 0.5) is 24.5 Å². The number of rotatable bonds is 6. The third kappa shape index (κ3) is 6.28. The highest BCUT2D eigenvalue weighted by Gasteiger charge is 2.48. The van der Waals surface area contributed by atoms with E-state index in [9.17, 15) is 32.3 Å². The molecule has 5 heterocycles. The Kier molecular flexibility index (Phi) is 8.88. The van der Waals surface area contributed by atoms with Crippen LogP contribution in [0.3, 0.4) is 0 Å². The van der Waals surface area contributed by atoms with E-state index in [-0.39, 0.29) is 40.4 Å². The molecule has 2 fully saturated rings. The number of piperidine rings is 1. The summed E-state index contributed by atoms with van der Waals surface area (Å²) in [6.45, 7) is 1.69. The summed E-state index contributed by atoms with van der Waals surface area (Å²) in [6.07, 6.45) is 0.224. The molecule has 4 aliphatic rings. The quantitative estimate of drug-likeness (QED) is 0.279. The SMILES string of the molecule is O=C(Cn1c2c(c(=O)n3nc(C4=CCOCC4)nc13)C1(CC2)CCN(C(=O)C2CCN(c3ccccc3)C2=O)CC1)Nc1ccc(C(F)(F)F)cc1Cl. The van der Waals surface area contributed by atoms with Crippen molar-refractivity contribution >= 4 is 52.0 Å². The van der Waals surface area contributed by atoms with Gasteiger partial charge in [-0.2, -0.15) is 22.7 Å². The molecule has 0 bridgehead atoms. The van der Waals surface area contributed by atoms with Crippen molar-refractivity contribution in [3.63, 3.8) is 0 Å². The van der Waals surface area contributed by atoms with Gasteiger partial charge < -0.3 is 24.4 Å². The molecule has 12 nitrogen and oxygen atoms in total. The average molecular weight is 750 g/mol. The van der Waals surface area contributed by atoms with E-state index < -0.39 is 29.0 Å². The minimum absolute atomic E-state index is 0.00837. The summed E-state index contributed by atoms with van der Waals surface area (Å²) in [5.41, 5.74) is 0.825. The number of carbonyl (C=O) groups is 3. The minimum atomic E-state index is -4.60. The monoisotopic (exact) mass is 749 g/mol. The normalized spacial score (nSPS) is 19.9. The molecule has 1 atom stereocenters. The van der Waals surface area contributed by atoms with E-state index in [1.54, 1.807) is 14.4 Å². The number of amides is 3. The number of alkyl halides is 3. The second-order valence-corrected chi connectivity index (χ2v) is 14.3. The number of para-hydroxylation sites is 1. The highest BCUT2D eigenvalue weighted by Crippen LogP contribution is 2.45. The number of nitrogens with one attached hydrogen (secondary N) is 1. The van der Waals surface area contributed by atoms with E-state index in [1.165, 1.54) is 4.52 Å². The lowest BCUT2D eigenvalue weighted by Crippen LogP contribution is -2.49. The molecule has 0 radical (unpaired) electrons. The Balaban J connectivity index is 1.08. The Hall–Kier alpha value is -5.02. The number of hydrogen-bond donors (Lipinski definition) is 1. The summed E-state index contributed by atoms with van der Waals surface area (Å²) in [5, 5.41) is 6.95. The molecule has 3 aliphatic heterocycles. The van der Waals surface area contributed by atoms with Crippen LogP contribution in [-0.4, -0.2) is 74.6 Å². The van der Waals surface area contributed by atoms with Crippen molar-refractivity contribution in [2.45, 2.75) is 56.7 Å². The molecule has 8 rings (SSSR count). The van der Waals surface area contributed by atoms with Crippen molar-refractivity contribution in [1.82, 2.24) is 24.1 Å². The molecule has 276 valence electrons. The molecular weight excluding hydrogens is 715 g/mol. The molecule has 2 saturated heterocycles. The number of likely N-dealkylation sites (tertiary alicyclic amines) is 1. The Labute approximate surface area is 306 Å². The van der Waals surface area contributed by atoms with Gasteiger partial charge >= 0.3 is 6.18 Å². The molecule has 1 spiro atoms. The average Bonchev–Trinajstić information content (AvgIpc) is 3.87. The Morgan fingerprint density at radius 2 is 1.79 bits per heavy atom. The first-order valence-electron chi connectivity index (χ1n) is 17.6. The maximum absolute atomic E-state index is 14.4. The molecule has 1 aliphatic carbocycles. The number of ether oxygens (including phenoxy) is 1. The zero-order chi connectivity index (χ0) is 37.1. The number of nitrogens with zero attached hydrogens (tertiary/aromatic N) is 6. The predicted octanol–water partition coefficient (Wildman–Crippen LogP) is 4.87. The van der Waals surface area contributed by atoms with Gasteiger partial charge in [0.25, 0.3) is 5.56 Å². The number of halogens is 4. The van der Waals surface area contributed by atoms with Crippen molar-refractivity contribution in [1.29, 1.82) is 0 Å². The molecule has 3 amide bonds. The third-order valence-electron chi connectivity index (χ3n) is 10.9. The molecule has 1 N–H and O–H groups in total. The van der Waals surface area contributed by atoms with Gasteiger partial charge in [-0.1, -0.05) is 35.9 Å². The van der Waals surface area contributed by atoms with E-state index in [2.05, 4.69) is 10.4 Å². The topological polar surface area (TPSA) is 131 Å². The van der Waals surface area contributed by atoms with E-state index in [1.807, 2.05) is 36.4 Å². The van der Waals surface area contributed by atoms with Gasteiger partial charge in [-0.05, 0) is 74.4 Å². The lowest BCUT2D eigenvalue weighted by atomic mass is 9.74. The summed E-state index contributed by atoms with van der Waals surface area (Å²) in [5.74, 6) is -1.26. The Morgan fingerprint density at radius 1 is 1.02 bits per heavy atom. The summed E-state index contributed by atoms with van der Waals surface area (Å²) < 4.78 is 48.0. The lowest BCUT2D eigenvalue weighted by molar-refractivity contribution is -0.141. The van der Waals surface area contributed by atoms with Gasteiger partial charge in [0.1, 0.15) is 12.5 Å². The molecule has 53 heavy (non-hydrogen) atoms. The Bertz CT molecular complexity index is 2230. The van der Waals surface area contributed by atoms with Gasteiger partial charge in [-0.15, -0.1) is 5.10 Å². The fourth-order valence-electron chi connectivity index (χ4n) is 8.18. The van der Waals surface area contributed by atoms with Gasteiger partial charge in [0.15, 0.2) is 5.82 Å².